The topological polar surface area (TPSA) is 68.5 Å². The van der Waals surface area contributed by atoms with Crippen LogP contribution in [0.25, 0.3) is 11.0 Å². The maximum atomic E-state index is 12.0. The van der Waals surface area contributed by atoms with E-state index >= 15 is 0 Å². The number of ether oxygens (including phenoxy) is 1. The van der Waals surface area contributed by atoms with Crippen LogP contribution in [-0.4, -0.2) is 12.5 Å². The number of hydrogen-bond acceptors (Lipinski definition) is 5. The number of carbonyl (C=O) groups is 1. The maximum absolute atomic E-state index is 12.0. The van der Waals surface area contributed by atoms with Crippen molar-refractivity contribution in [1.82, 2.24) is 0 Å². The zero-order valence-corrected chi connectivity index (χ0v) is 13.5. The van der Waals surface area contributed by atoms with Crippen molar-refractivity contribution in [3.05, 3.63) is 70.1 Å². The Balaban J connectivity index is 1.70. The van der Waals surface area contributed by atoms with Gasteiger partial charge in [0, 0.05) is 23.2 Å². The molecule has 0 atom stereocenters. The van der Waals surface area contributed by atoms with Crippen molar-refractivity contribution in [2.45, 2.75) is 13.8 Å². The molecule has 1 aromatic heterocycles. The quantitative estimate of drug-likeness (QED) is 0.452. The average molecular weight is 323 g/mol. The molecular formula is C19H17NO4. The Morgan fingerprint density at radius 3 is 2.75 bits per heavy atom. The Kier molecular flexibility index (Phi) is 4.33. The number of hydrogen-bond donors (Lipinski definition) is 1. The summed E-state index contributed by atoms with van der Waals surface area (Å²) in [6, 6.07) is 14.2. The highest BCUT2D eigenvalue weighted by Crippen LogP contribution is 2.22. The van der Waals surface area contributed by atoms with E-state index in [0.717, 1.165) is 22.2 Å². The van der Waals surface area contributed by atoms with E-state index in [1.54, 1.807) is 18.2 Å². The van der Waals surface area contributed by atoms with Gasteiger partial charge < -0.3 is 14.5 Å². The molecule has 122 valence electrons. The first-order valence-electron chi connectivity index (χ1n) is 7.57. The van der Waals surface area contributed by atoms with E-state index in [0.29, 0.717) is 11.3 Å². The third kappa shape index (κ3) is 3.63. The van der Waals surface area contributed by atoms with Crippen molar-refractivity contribution in [2.24, 2.45) is 0 Å². The van der Waals surface area contributed by atoms with Gasteiger partial charge in [0.05, 0.1) is 0 Å². The average Bonchev–Trinajstić information content (AvgIpc) is 2.52. The van der Waals surface area contributed by atoms with E-state index in [4.69, 9.17) is 9.15 Å². The third-order valence-corrected chi connectivity index (χ3v) is 3.61. The molecule has 0 aliphatic rings. The molecule has 0 aliphatic heterocycles. The predicted molar refractivity (Wildman–Crippen MR) is 92.5 cm³/mol. The molecule has 2 aromatic carbocycles. The molecule has 0 bridgehead atoms. The SMILES string of the molecule is Cc1cccc(NCC(=O)Oc2ccc3c(C)cc(=O)oc3c2)c1. The van der Waals surface area contributed by atoms with Gasteiger partial charge in [0.1, 0.15) is 17.9 Å². The summed E-state index contributed by atoms with van der Waals surface area (Å²) in [6.45, 7) is 3.85. The van der Waals surface area contributed by atoms with Gasteiger partial charge in [-0.25, -0.2) is 9.59 Å². The smallest absolute Gasteiger partial charge is 0.336 e. The van der Waals surface area contributed by atoms with Gasteiger partial charge in [-0.3, -0.25) is 0 Å². The maximum Gasteiger partial charge on any atom is 0.336 e. The standard InChI is InChI=1S/C19H17NO4/c1-12-4-3-5-14(8-12)20-11-19(22)23-15-6-7-16-13(2)9-18(21)24-17(16)10-15/h3-10,20H,11H2,1-2H3. The van der Waals surface area contributed by atoms with Crippen molar-refractivity contribution < 1.29 is 13.9 Å². The monoisotopic (exact) mass is 323 g/mol. The number of nitrogens with one attached hydrogen (secondary N) is 1. The highest BCUT2D eigenvalue weighted by molar-refractivity contribution is 5.83. The number of esters is 1. The lowest BCUT2D eigenvalue weighted by molar-refractivity contribution is -0.132. The molecule has 5 heteroatoms. The highest BCUT2D eigenvalue weighted by atomic mass is 16.5. The summed E-state index contributed by atoms with van der Waals surface area (Å²) < 4.78 is 10.4. The number of rotatable bonds is 4. The molecule has 5 nitrogen and oxygen atoms in total. The van der Waals surface area contributed by atoms with Crippen LogP contribution >= 0.6 is 0 Å². The summed E-state index contributed by atoms with van der Waals surface area (Å²) in [5.41, 5.74) is 2.75. The van der Waals surface area contributed by atoms with Gasteiger partial charge in [-0.2, -0.15) is 0 Å². The minimum atomic E-state index is -0.426. The van der Waals surface area contributed by atoms with Crippen LogP contribution in [0.3, 0.4) is 0 Å². The van der Waals surface area contributed by atoms with E-state index in [1.165, 1.54) is 6.07 Å². The Morgan fingerprint density at radius 1 is 1.12 bits per heavy atom. The summed E-state index contributed by atoms with van der Waals surface area (Å²) in [4.78, 5) is 23.4. The summed E-state index contributed by atoms with van der Waals surface area (Å²) in [5, 5.41) is 3.83. The largest absolute Gasteiger partial charge is 0.425 e. The van der Waals surface area contributed by atoms with Crippen LogP contribution in [0.15, 0.2) is 57.7 Å². The molecule has 1 heterocycles. The van der Waals surface area contributed by atoms with Crippen LogP contribution in [-0.2, 0) is 4.79 Å². The van der Waals surface area contributed by atoms with Crippen LogP contribution in [0, 0.1) is 13.8 Å². The van der Waals surface area contributed by atoms with Crippen molar-refractivity contribution in [3.63, 3.8) is 0 Å². The molecule has 0 spiro atoms. The Morgan fingerprint density at radius 2 is 1.96 bits per heavy atom. The third-order valence-electron chi connectivity index (χ3n) is 3.61. The molecule has 1 N–H and O–H groups in total. The van der Waals surface area contributed by atoms with Crippen molar-refractivity contribution >= 4 is 22.6 Å². The molecule has 0 amide bonds. The minimum Gasteiger partial charge on any atom is -0.425 e. The summed E-state index contributed by atoms with van der Waals surface area (Å²) in [7, 11) is 0. The summed E-state index contributed by atoms with van der Waals surface area (Å²) in [5.74, 6) is -0.0850. The molecule has 0 unspecified atom stereocenters. The second-order valence-electron chi connectivity index (χ2n) is 5.60. The summed E-state index contributed by atoms with van der Waals surface area (Å²) in [6.07, 6.45) is 0. The van der Waals surface area contributed by atoms with Crippen molar-refractivity contribution in [2.75, 3.05) is 11.9 Å². The van der Waals surface area contributed by atoms with Gasteiger partial charge in [-0.1, -0.05) is 12.1 Å². The van der Waals surface area contributed by atoms with Gasteiger partial charge in [-0.15, -0.1) is 0 Å². The lowest BCUT2D eigenvalue weighted by Crippen LogP contribution is -2.19. The first kappa shape index (κ1) is 15.8. The Bertz CT molecular complexity index is 959. The van der Waals surface area contributed by atoms with E-state index in [2.05, 4.69) is 5.32 Å². The zero-order valence-electron chi connectivity index (χ0n) is 13.5. The predicted octanol–water partition coefficient (Wildman–Crippen LogP) is 3.43. The summed E-state index contributed by atoms with van der Waals surface area (Å²) >= 11 is 0. The van der Waals surface area contributed by atoms with Gasteiger partial charge >= 0.3 is 11.6 Å². The molecule has 0 fully saturated rings. The van der Waals surface area contributed by atoms with Crippen LogP contribution in [0.2, 0.25) is 0 Å². The number of anilines is 1. The lowest BCUT2D eigenvalue weighted by atomic mass is 10.1. The zero-order chi connectivity index (χ0) is 17.1. The molecule has 0 aliphatic carbocycles. The highest BCUT2D eigenvalue weighted by Gasteiger charge is 2.08. The minimum absolute atomic E-state index is 0.0409. The molecule has 0 radical (unpaired) electrons. The first-order chi connectivity index (χ1) is 11.5. The van der Waals surface area contributed by atoms with E-state index in [1.807, 2.05) is 38.1 Å². The van der Waals surface area contributed by atoms with Crippen LogP contribution in [0.1, 0.15) is 11.1 Å². The Hall–Kier alpha value is -3.08. The number of carbonyl (C=O) groups excluding carboxylic acids is 1. The molecular weight excluding hydrogens is 306 g/mol. The van der Waals surface area contributed by atoms with E-state index < -0.39 is 11.6 Å². The van der Waals surface area contributed by atoms with Gasteiger partial charge in [0.2, 0.25) is 0 Å². The van der Waals surface area contributed by atoms with Crippen LogP contribution < -0.4 is 15.7 Å². The van der Waals surface area contributed by atoms with Gasteiger partial charge in [0.25, 0.3) is 0 Å². The van der Waals surface area contributed by atoms with E-state index in [-0.39, 0.29) is 6.54 Å². The fraction of sp³-hybridized carbons (Fsp3) is 0.158. The van der Waals surface area contributed by atoms with Gasteiger partial charge in [-0.05, 0) is 49.2 Å². The lowest BCUT2D eigenvalue weighted by Gasteiger charge is -2.08. The second-order valence-corrected chi connectivity index (χ2v) is 5.60. The number of aryl methyl sites for hydroxylation is 2. The van der Waals surface area contributed by atoms with E-state index in [9.17, 15) is 9.59 Å². The second kappa shape index (κ2) is 6.58. The van der Waals surface area contributed by atoms with Crippen molar-refractivity contribution in [1.29, 1.82) is 0 Å². The Labute approximate surface area is 138 Å². The van der Waals surface area contributed by atoms with Crippen LogP contribution in [0.5, 0.6) is 5.75 Å². The van der Waals surface area contributed by atoms with Crippen molar-refractivity contribution in [3.8, 4) is 5.75 Å². The molecule has 0 saturated heterocycles. The van der Waals surface area contributed by atoms with Crippen LogP contribution in [0.4, 0.5) is 5.69 Å². The van der Waals surface area contributed by atoms with Gasteiger partial charge in [0.15, 0.2) is 0 Å². The normalized spacial score (nSPS) is 10.6. The molecule has 24 heavy (non-hydrogen) atoms. The fourth-order valence-electron chi connectivity index (χ4n) is 2.47. The fourth-order valence-corrected chi connectivity index (χ4v) is 2.47. The first-order valence-corrected chi connectivity index (χ1v) is 7.57. The number of benzene rings is 2. The molecule has 3 aromatic rings. The molecule has 0 saturated carbocycles. The number of fused-ring (bicyclic) bond motifs is 1. The molecule has 3 rings (SSSR count).